The summed E-state index contributed by atoms with van der Waals surface area (Å²) in [5.41, 5.74) is 0. The van der Waals surface area contributed by atoms with Crippen LogP contribution in [0.25, 0.3) is 0 Å². The maximum absolute atomic E-state index is 5.74. The predicted octanol–water partition coefficient (Wildman–Crippen LogP) is 2.42. The zero-order chi connectivity index (χ0) is 13.5. The van der Waals surface area contributed by atoms with Gasteiger partial charge in [-0.15, -0.1) is 0 Å². The van der Waals surface area contributed by atoms with Crippen LogP contribution in [0.4, 0.5) is 5.82 Å². The van der Waals surface area contributed by atoms with Crippen LogP contribution < -0.4 is 10.1 Å². The van der Waals surface area contributed by atoms with Gasteiger partial charge in [-0.05, 0) is 19.3 Å². The summed E-state index contributed by atoms with van der Waals surface area (Å²) in [4.78, 5) is 8.83. The number of anilines is 1. The van der Waals surface area contributed by atoms with Crippen molar-refractivity contribution in [2.75, 3.05) is 25.1 Å². The van der Waals surface area contributed by atoms with Crippen molar-refractivity contribution in [1.82, 2.24) is 9.97 Å². The summed E-state index contributed by atoms with van der Waals surface area (Å²) in [6.07, 6.45) is 4.29. The first-order chi connectivity index (χ1) is 9.31. The van der Waals surface area contributed by atoms with Gasteiger partial charge in [0.15, 0.2) is 0 Å². The van der Waals surface area contributed by atoms with Crippen molar-refractivity contribution in [2.24, 2.45) is 0 Å². The summed E-state index contributed by atoms with van der Waals surface area (Å²) < 4.78 is 11.3. The minimum Gasteiger partial charge on any atom is -0.475 e. The molecular weight excluding hydrogens is 242 g/mol. The molecule has 1 atom stereocenters. The predicted molar refractivity (Wildman–Crippen MR) is 74.7 cm³/mol. The second-order valence-corrected chi connectivity index (χ2v) is 4.73. The summed E-state index contributed by atoms with van der Waals surface area (Å²) in [5, 5.41) is 3.28. The van der Waals surface area contributed by atoms with E-state index in [2.05, 4.69) is 22.2 Å². The summed E-state index contributed by atoms with van der Waals surface area (Å²) >= 11 is 0. The van der Waals surface area contributed by atoms with Crippen LogP contribution in [0.3, 0.4) is 0 Å². The molecule has 19 heavy (non-hydrogen) atoms. The standard InChI is InChI=1S/C14H23N3O2/c1-3-7-15-13-9-14(17-12(4-2)16-13)19-10-11-6-5-8-18-11/h9,11H,3-8,10H2,1-2H3,(H,15,16,17). The van der Waals surface area contributed by atoms with Crippen molar-refractivity contribution in [3.8, 4) is 5.88 Å². The van der Waals surface area contributed by atoms with Crippen molar-refractivity contribution in [1.29, 1.82) is 0 Å². The first-order valence-electron chi connectivity index (χ1n) is 7.18. The molecule has 0 aromatic carbocycles. The molecule has 5 nitrogen and oxygen atoms in total. The van der Waals surface area contributed by atoms with Gasteiger partial charge in [-0.2, -0.15) is 4.98 Å². The van der Waals surface area contributed by atoms with Gasteiger partial charge in [-0.3, -0.25) is 0 Å². The lowest BCUT2D eigenvalue weighted by atomic mass is 10.2. The minimum atomic E-state index is 0.215. The number of nitrogens with one attached hydrogen (secondary N) is 1. The van der Waals surface area contributed by atoms with Crippen LogP contribution in [0.2, 0.25) is 0 Å². The molecule has 1 aromatic heterocycles. The molecule has 1 aromatic rings. The van der Waals surface area contributed by atoms with Crippen molar-refractivity contribution < 1.29 is 9.47 Å². The quantitative estimate of drug-likeness (QED) is 0.820. The first-order valence-corrected chi connectivity index (χ1v) is 7.18. The smallest absolute Gasteiger partial charge is 0.218 e. The van der Waals surface area contributed by atoms with E-state index in [1.807, 2.05) is 13.0 Å². The van der Waals surface area contributed by atoms with Crippen LogP contribution in [-0.4, -0.2) is 35.8 Å². The topological polar surface area (TPSA) is 56.3 Å². The van der Waals surface area contributed by atoms with Crippen molar-refractivity contribution in [3.63, 3.8) is 0 Å². The average Bonchev–Trinajstić information content (AvgIpc) is 2.96. The lowest BCUT2D eigenvalue weighted by Gasteiger charge is -2.12. The summed E-state index contributed by atoms with van der Waals surface area (Å²) in [7, 11) is 0. The van der Waals surface area contributed by atoms with Crippen LogP contribution in [0.5, 0.6) is 5.88 Å². The number of aromatic nitrogens is 2. The normalized spacial score (nSPS) is 18.5. The molecule has 0 bridgehead atoms. The Morgan fingerprint density at radius 2 is 2.32 bits per heavy atom. The lowest BCUT2D eigenvalue weighted by Crippen LogP contribution is -2.17. The minimum absolute atomic E-state index is 0.215. The van der Waals surface area contributed by atoms with E-state index in [1.165, 1.54) is 0 Å². The van der Waals surface area contributed by atoms with Crippen LogP contribution in [-0.2, 0) is 11.2 Å². The van der Waals surface area contributed by atoms with E-state index in [-0.39, 0.29) is 6.10 Å². The first kappa shape index (κ1) is 14.1. The average molecular weight is 265 g/mol. The molecule has 1 fully saturated rings. The fraction of sp³-hybridized carbons (Fsp3) is 0.714. The van der Waals surface area contributed by atoms with Gasteiger partial charge in [0.05, 0.1) is 6.10 Å². The van der Waals surface area contributed by atoms with E-state index in [1.54, 1.807) is 0 Å². The van der Waals surface area contributed by atoms with Gasteiger partial charge >= 0.3 is 0 Å². The summed E-state index contributed by atoms with van der Waals surface area (Å²) in [6.45, 7) is 6.51. The van der Waals surface area contributed by atoms with Gasteiger partial charge in [0, 0.05) is 25.6 Å². The molecular formula is C14H23N3O2. The van der Waals surface area contributed by atoms with E-state index >= 15 is 0 Å². The van der Waals surface area contributed by atoms with E-state index in [0.29, 0.717) is 12.5 Å². The molecule has 106 valence electrons. The van der Waals surface area contributed by atoms with E-state index in [4.69, 9.17) is 9.47 Å². The van der Waals surface area contributed by atoms with E-state index in [9.17, 15) is 0 Å². The van der Waals surface area contributed by atoms with Gasteiger partial charge in [-0.25, -0.2) is 4.98 Å². The molecule has 1 unspecified atom stereocenters. The third-order valence-electron chi connectivity index (χ3n) is 3.06. The Kier molecular flexibility index (Phi) is 5.39. The number of ether oxygens (including phenoxy) is 2. The van der Waals surface area contributed by atoms with Gasteiger partial charge in [0.1, 0.15) is 18.2 Å². The molecule has 0 aliphatic carbocycles. The highest BCUT2D eigenvalue weighted by Crippen LogP contribution is 2.17. The third kappa shape index (κ3) is 4.35. The monoisotopic (exact) mass is 265 g/mol. The van der Waals surface area contributed by atoms with Gasteiger partial charge in [0.2, 0.25) is 5.88 Å². The van der Waals surface area contributed by atoms with E-state index < -0.39 is 0 Å². The maximum Gasteiger partial charge on any atom is 0.218 e. The molecule has 0 saturated carbocycles. The van der Waals surface area contributed by atoms with Crippen LogP contribution in [0, 0.1) is 0 Å². The molecule has 5 heteroatoms. The molecule has 2 rings (SSSR count). The zero-order valence-corrected chi connectivity index (χ0v) is 11.8. The highest BCUT2D eigenvalue weighted by Gasteiger charge is 2.16. The van der Waals surface area contributed by atoms with Gasteiger partial charge < -0.3 is 14.8 Å². The Morgan fingerprint density at radius 3 is 3.00 bits per heavy atom. The molecule has 1 aliphatic heterocycles. The second-order valence-electron chi connectivity index (χ2n) is 4.73. The van der Waals surface area contributed by atoms with Crippen LogP contribution in [0.15, 0.2) is 6.07 Å². The Labute approximate surface area is 114 Å². The van der Waals surface area contributed by atoms with Crippen LogP contribution in [0.1, 0.15) is 38.9 Å². The summed E-state index contributed by atoms with van der Waals surface area (Å²) in [5.74, 6) is 2.29. The maximum atomic E-state index is 5.74. The molecule has 1 saturated heterocycles. The van der Waals surface area contributed by atoms with Crippen molar-refractivity contribution in [3.05, 3.63) is 11.9 Å². The zero-order valence-electron chi connectivity index (χ0n) is 11.8. The Morgan fingerprint density at radius 1 is 1.42 bits per heavy atom. The molecule has 0 radical (unpaired) electrons. The third-order valence-corrected chi connectivity index (χ3v) is 3.06. The van der Waals surface area contributed by atoms with Crippen LogP contribution >= 0.6 is 0 Å². The molecule has 0 amide bonds. The Balaban J connectivity index is 1.96. The Bertz CT molecular complexity index is 392. The fourth-order valence-electron chi connectivity index (χ4n) is 2.00. The molecule has 1 aliphatic rings. The van der Waals surface area contributed by atoms with Gasteiger partial charge in [-0.1, -0.05) is 13.8 Å². The number of hydrogen-bond acceptors (Lipinski definition) is 5. The second kappa shape index (κ2) is 7.28. The molecule has 0 spiro atoms. The summed E-state index contributed by atoms with van der Waals surface area (Å²) in [6, 6.07) is 1.86. The number of aryl methyl sites for hydroxylation is 1. The van der Waals surface area contributed by atoms with Crippen molar-refractivity contribution in [2.45, 2.75) is 45.6 Å². The lowest BCUT2D eigenvalue weighted by molar-refractivity contribution is 0.0662. The number of nitrogens with zero attached hydrogens (tertiary/aromatic N) is 2. The fourth-order valence-corrected chi connectivity index (χ4v) is 2.00. The highest BCUT2D eigenvalue weighted by molar-refractivity contribution is 5.38. The highest BCUT2D eigenvalue weighted by atomic mass is 16.5. The molecule has 2 heterocycles. The number of rotatable bonds is 7. The SMILES string of the molecule is CCCNc1cc(OCC2CCCO2)nc(CC)n1. The number of hydrogen-bond donors (Lipinski definition) is 1. The van der Waals surface area contributed by atoms with Crippen molar-refractivity contribution >= 4 is 5.82 Å². The molecule has 1 N–H and O–H groups in total. The Hall–Kier alpha value is -1.36. The largest absolute Gasteiger partial charge is 0.475 e. The van der Waals surface area contributed by atoms with Gasteiger partial charge in [0.25, 0.3) is 0 Å². The van der Waals surface area contributed by atoms with E-state index in [0.717, 1.165) is 50.5 Å².